The van der Waals surface area contributed by atoms with Gasteiger partial charge in [-0.3, -0.25) is 14.9 Å². The molecule has 0 aliphatic rings. The number of non-ortho nitro benzene ring substituents is 1. The highest BCUT2D eigenvalue weighted by atomic mass is 16.6. The molecule has 0 radical (unpaired) electrons. The van der Waals surface area contributed by atoms with Crippen LogP contribution >= 0.6 is 0 Å². The molecule has 3 rings (SSSR count). The molecular formula is C22H24N4O5. The Labute approximate surface area is 179 Å². The fourth-order valence-electron chi connectivity index (χ4n) is 2.81. The lowest BCUT2D eigenvalue weighted by atomic mass is 9.92. The third-order valence-electron chi connectivity index (χ3n) is 4.46. The van der Waals surface area contributed by atoms with Crippen LogP contribution in [0.15, 0.2) is 54.6 Å². The zero-order chi connectivity index (χ0) is 22.6. The number of nitrogens with zero attached hydrogens (tertiary/aromatic N) is 3. The number of carbonyl (C=O) groups excluding carboxylic acids is 1. The first-order valence-corrected chi connectivity index (χ1v) is 9.60. The highest BCUT2D eigenvalue weighted by molar-refractivity contribution is 5.91. The summed E-state index contributed by atoms with van der Waals surface area (Å²) in [7, 11) is 1.37. The molecule has 0 fully saturated rings. The SMILES string of the molecule is COc1cc([N+](=O)[O-])ccc1OCC(=O)Nc1cc(C(C)(C)C)nn1-c1ccccc1. The molecule has 1 aromatic heterocycles. The van der Waals surface area contributed by atoms with Crippen molar-refractivity contribution in [2.75, 3.05) is 19.0 Å². The number of hydrogen-bond donors (Lipinski definition) is 1. The minimum absolute atomic E-state index is 0.130. The van der Waals surface area contributed by atoms with Crippen molar-refractivity contribution in [3.05, 3.63) is 70.4 Å². The van der Waals surface area contributed by atoms with Gasteiger partial charge in [-0.25, -0.2) is 4.68 Å². The van der Waals surface area contributed by atoms with Gasteiger partial charge in [-0.15, -0.1) is 0 Å². The van der Waals surface area contributed by atoms with E-state index < -0.39 is 10.8 Å². The van der Waals surface area contributed by atoms with Crippen molar-refractivity contribution in [3.63, 3.8) is 0 Å². The molecule has 0 atom stereocenters. The third kappa shape index (κ3) is 5.19. The highest BCUT2D eigenvalue weighted by Gasteiger charge is 2.22. The molecule has 0 saturated carbocycles. The number of anilines is 1. The van der Waals surface area contributed by atoms with Gasteiger partial charge >= 0.3 is 0 Å². The van der Waals surface area contributed by atoms with E-state index in [0.717, 1.165) is 11.4 Å². The lowest BCUT2D eigenvalue weighted by Crippen LogP contribution is -2.22. The van der Waals surface area contributed by atoms with Crippen molar-refractivity contribution in [2.45, 2.75) is 26.2 Å². The zero-order valence-electron chi connectivity index (χ0n) is 17.8. The molecule has 3 aromatic rings. The molecular weight excluding hydrogens is 400 g/mol. The number of nitrogens with one attached hydrogen (secondary N) is 1. The number of nitro benzene ring substituents is 1. The first kappa shape index (κ1) is 21.8. The molecule has 0 spiro atoms. The number of aromatic nitrogens is 2. The van der Waals surface area contributed by atoms with Crippen LogP contribution in [0.25, 0.3) is 5.69 Å². The van der Waals surface area contributed by atoms with Gasteiger partial charge in [0.2, 0.25) is 0 Å². The predicted octanol–water partition coefficient (Wildman–Crippen LogP) is 4.10. The predicted molar refractivity (Wildman–Crippen MR) is 116 cm³/mol. The van der Waals surface area contributed by atoms with Crippen LogP contribution in [0.2, 0.25) is 0 Å². The minimum atomic E-state index is -0.531. The van der Waals surface area contributed by atoms with E-state index in [9.17, 15) is 14.9 Å². The largest absolute Gasteiger partial charge is 0.493 e. The summed E-state index contributed by atoms with van der Waals surface area (Å²) in [5.74, 6) is 0.514. The van der Waals surface area contributed by atoms with Crippen LogP contribution < -0.4 is 14.8 Å². The van der Waals surface area contributed by atoms with Crippen molar-refractivity contribution in [3.8, 4) is 17.2 Å². The van der Waals surface area contributed by atoms with Crippen LogP contribution in [0.4, 0.5) is 11.5 Å². The van der Waals surface area contributed by atoms with E-state index in [1.165, 1.54) is 25.3 Å². The Kier molecular flexibility index (Phi) is 6.24. The minimum Gasteiger partial charge on any atom is -0.493 e. The van der Waals surface area contributed by atoms with Crippen LogP contribution in [0.5, 0.6) is 11.5 Å². The Hall–Kier alpha value is -3.88. The number of benzene rings is 2. The average Bonchev–Trinajstić information content (AvgIpc) is 3.17. The fraction of sp³-hybridized carbons (Fsp3) is 0.273. The summed E-state index contributed by atoms with van der Waals surface area (Å²) in [6.45, 7) is 5.82. The smallest absolute Gasteiger partial charge is 0.273 e. The topological polar surface area (TPSA) is 109 Å². The normalized spacial score (nSPS) is 11.1. The number of ether oxygens (including phenoxy) is 2. The summed E-state index contributed by atoms with van der Waals surface area (Å²) in [6.07, 6.45) is 0. The lowest BCUT2D eigenvalue weighted by molar-refractivity contribution is -0.384. The van der Waals surface area contributed by atoms with Crippen molar-refractivity contribution in [1.29, 1.82) is 0 Å². The van der Waals surface area contributed by atoms with E-state index in [-0.39, 0.29) is 29.2 Å². The molecule has 1 amide bonds. The van der Waals surface area contributed by atoms with Crippen LogP contribution in [-0.2, 0) is 10.2 Å². The van der Waals surface area contributed by atoms with Gasteiger partial charge in [0.05, 0.1) is 29.5 Å². The summed E-state index contributed by atoms with van der Waals surface area (Å²) < 4.78 is 12.3. The Morgan fingerprint density at radius 2 is 1.84 bits per heavy atom. The molecule has 0 saturated heterocycles. The molecule has 2 aromatic carbocycles. The van der Waals surface area contributed by atoms with E-state index in [2.05, 4.69) is 10.4 Å². The molecule has 162 valence electrons. The molecule has 0 bridgehead atoms. The van der Waals surface area contributed by atoms with Gasteiger partial charge in [-0.05, 0) is 18.2 Å². The van der Waals surface area contributed by atoms with Crippen LogP contribution in [0.1, 0.15) is 26.5 Å². The first-order chi connectivity index (χ1) is 14.7. The number of carbonyl (C=O) groups is 1. The van der Waals surface area contributed by atoms with E-state index in [1.54, 1.807) is 4.68 Å². The number of nitro groups is 1. The summed E-state index contributed by atoms with van der Waals surface area (Å²) in [5.41, 5.74) is 1.30. The first-order valence-electron chi connectivity index (χ1n) is 9.60. The summed E-state index contributed by atoms with van der Waals surface area (Å²) in [6, 6.07) is 15.2. The Morgan fingerprint density at radius 1 is 1.13 bits per heavy atom. The van der Waals surface area contributed by atoms with Gasteiger partial charge < -0.3 is 14.8 Å². The highest BCUT2D eigenvalue weighted by Crippen LogP contribution is 2.31. The second-order valence-electron chi connectivity index (χ2n) is 7.84. The van der Waals surface area contributed by atoms with Gasteiger partial charge in [-0.1, -0.05) is 39.0 Å². The molecule has 1 heterocycles. The Balaban J connectivity index is 1.78. The van der Waals surface area contributed by atoms with Crippen LogP contribution in [0.3, 0.4) is 0 Å². The molecule has 0 aliphatic carbocycles. The van der Waals surface area contributed by atoms with Crippen LogP contribution in [0, 0.1) is 10.1 Å². The molecule has 0 aliphatic heterocycles. The average molecular weight is 424 g/mol. The Bertz CT molecular complexity index is 1090. The quantitative estimate of drug-likeness (QED) is 0.452. The van der Waals surface area contributed by atoms with E-state index in [0.29, 0.717) is 5.82 Å². The standard InChI is InChI=1S/C22H24N4O5/c1-22(2,3)19-13-20(25(24-19)15-8-6-5-7-9-15)23-21(27)14-31-17-11-10-16(26(28)29)12-18(17)30-4/h5-13H,14H2,1-4H3,(H,23,27). The number of methoxy groups -OCH3 is 1. The second kappa shape index (κ2) is 8.86. The van der Waals surface area contributed by atoms with E-state index in [4.69, 9.17) is 9.47 Å². The van der Waals surface area contributed by atoms with E-state index in [1.807, 2.05) is 57.2 Å². The van der Waals surface area contributed by atoms with Gasteiger partial charge in [0.25, 0.3) is 11.6 Å². The maximum Gasteiger partial charge on any atom is 0.273 e. The lowest BCUT2D eigenvalue weighted by Gasteiger charge is -2.14. The number of hydrogen-bond acceptors (Lipinski definition) is 6. The van der Waals surface area contributed by atoms with Gasteiger partial charge in [0, 0.05) is 17.5 Å². The molecule has 9 heteroatoms. The number of amides is 1. The summed E-state index contributed by atoms with van der Waals surface area (Å²) in [5, 5.41) is 18.4. The third-order valence-corrected chi connectivity index (χ3v) is 4.46. The molecule has 31 heavy (non-hydrogen) atoms. The van der Waals surface area contributed by atoms with Gasteiger partial charge in [-0.2, -0.15) is 5.10 Å². The van der Waals surface area contributed by atoms with Gasteiger partial charge in [0.1, 0.15) is 5.82 Å². The summed E-state index contributed by atoms with van der Waals surface area (Å²) >= 11 is 0. The summed E-state index contributed by atoms with van der Waals surface area (Å²) in [4.78, 5) is 23.0. The van der Waals surface area contributed by atoms with Crippen molar-refractivity contribution in [2.24, 2.45) is 0 Å². The Morgan fingerprint density at radius 3 is 2.45 bits per heavy atom. The zero-order valence-corrected chi connectivity index (χ0v) is 17.8. The second-order valence-corrected chi connectivity index (χ2v) is 7.84. The van der Waals surface area contributed by atoms with Crippen molar-refractivity contribution in [1.82, 2.24) is 9.78 Å². The molecule has 9 nitrogen and oxygen atoms in total. The van der Waals surface area contributed by atoms with E-state index >= 15 is 0 Å². The van der Waals surface area contributed by atoms with Crippen molar-refractivity contribution >= 4 is 17.4 Å². The number of para-hydroxylation sites is 1. The van der Waals surface area contributed by atoms with Gasteiger partial charge in [0.15, 0.2) is 18.1 Å². The van der Waals surface area contributed by atoms with Crippen molar-refractivity contribution < 1.29 is 19.2 Å². The van der Waals surface area contributed by atoms with Crippen LogP contribution in [-0.4, -0.2) is 34.3 Å². The molecule has 1 N–H and O–H groups in total. The fourth-order valence-corrected chi connectivity index (χ4v) is 2.81. The number of rotatable bonds is 7. The monoisotopic (exact) mass is 424 g/mol. The molecule has 0 unspecified atom stereocenters. The maximum absolute atomic E-state index is 12.6. The maximum atomic E-state index is 12.6.